The van der Waals surface area contributed by atoms with Crippen LogP contribution in [0.25, 0.3) is 22.1 Å². The van der Waals surface area contributed by atoms with Crippen LogP contribution in [0, 0.1) is 0 Å². The van der Waals surface area contributed by atoms with Crippen LogP contribution < -0.4 is 5.56 Å². The summed E-state index contributed by atoms with van der Waals surface area (Å²) in [4.78, 5) is 31.2. The second kappa shape index (κ2) is 7.82. The van der Waals surface area contributed by atoms with E-state index in [-0.39, 0.29) is 27.2 Å². The average Bonchev–Trinajstić information content (AvgIpc) is 2.67. The lowest BCUT2D eigenvalue weighted by molar-refractivity contribution is -0.138. The number of H-pyrrole nitrogens is 1. The molecule has 0 radical (unpaired) electrons. The summed E-state index contributed by atoms with van der Waals surface area (Å²) in [6, 6.07) is 1.67. The molecular formula is C16H7ClF6N6O. The van der Waals surface area contributed by atoms with Crippen molar-refractivity contribution in [3.8, 4) is 0 Å². The zero-order valence-corrected chi connectivity index (χ0v) is 15.0. The Morgan fingerprint density at radius 2 is 1.30 bits per heavy atom. The molecule has 4 aromatic heterocycles. The molecule has 14 heteroatoms. The fourth-order valence-electron chi connectivity index (χ4n) is 2.18. The topological polar surface area (TPSA) is 97.3 Å². The highest BCUT2D eigenvalue weighted by atomic mass is 35.5. The molecule has 1 N–H and O–H groups in total. The van der Waals surface area contributed by atoms with Crippen LogP contribution in [-0.2, 0) is 12.4 Å². The number of rotatable bonds is 0. The maximum atomic E-state index is 12.3. The third-order valence-corrected chi connectivity index (χ3v) is 3.84. The quantitative estimate of drug-likeness (QED) is 0.322. The van der Waals surface area contributed by atoms with Gasteiger partial charge in [0.15, 0.2) is 10.7 Å². The molecule has 0 spiro atoms. The van der Waals surface area contributed by atoms with E-state index < -0.39 is 29.0 Å². The normalized spacial score (nSPS) is 12.0. The number of nitrogens with zero attached hydrogens (tertiary/aromatic N) is 5. The van der Waals surface area contributed by atoms with Crippen molar-refractivity contribution in [1.82, 2.24) is 29.9 Å². The molecule has 0 saturated carbocycles. The number of aromatic nitrogens is 6. The Balaban J connectivity index is 0.000000171. The number of hydrogen-bond acceptors (Lipinski definition) is 6. The van der Waals surface area contributed by atoms with Crippen LogP contribution >= 0.6 is 11.6 Å². The first kappa shape index (κ1) is 21.4. The fourth-order valence-corrected chi connectivity index (χ4v) is 2.37. The molecule has 156 valence electrons. The van der Waals surface area contributed by atoms with Crippen LogP contribution in [0.15, 0.2) is 42.0 Å². The Labute approximate surface area is 166 Å². The van der Waals surface area contributed by atoms with E-state index in [9.17, 15) is 31.1 Å². The average molecular weight is 449 g/mol. The fraction of sp³-hybridized carbons (Fsp3) is 0.125. The molecule has 4 rings (SSSR count). The van der Waals surface area contributed by atoms with Gasteiger partial charge in [-0.2, -0.15) is 26.3 Å². The van der Waals surface area contributed by atoms with E-state index in [0.717, 1.165) is 24.8 Å². The Kier molecular flexibility index (Phi) is 5.57. The van der Waals surface area contributed by atoms with Gasteiger partial charge in [0.25, 0.3) is 5.56 Å². The summed E-state index contributed by atoms with van der Waals surface area (Å²) in [5.74, 6) is 0. The van der Waals surface area contributed by atoms with Crippen LogP contribution in [0.2, 0.25) is 5.15 Å². The van der Waals surface area contributed by atoms with Crippen molar-refractivity contribution in [3.63, 3.8) is 0 Å². The molecule has 0 aliphatic carbocycles. The van der Waals surface area contributed by atoms with Crippen LogP contribution in [0.3, 0.4) is 0 Å². The van der Waals surface area contributed by atoms with Gasteiger partial charge in [0, 0.05) is 12.4 Å². The maximum Gasteiger partial charge on any atom is 0.417 e. The molecule has 0 amide bonds. The van der Waals surface area contributed by atoms with Gasteiger partial charge in [-0.3, -0.25) is 9.78 Å². The Morgan fingerprint density at radius 3 is 1.87 bits per heavy atom. The molecule has 0 aliphatic heterocycles. The van der Waals surface area contributed by atoms with Gasteiger partial charge in [0.05, 0.1) is 28.5 Å². The third-order valence-electron chi connectivity index (χ3n) is 3.57. The predicted molar refractivity (Wildman–Crippen MR) is 92.5 cm³/mol. The van der Waals surface area contributed by atoms with E-state index in [1.807, 2.05) is 0 Å². The van der Waals surface area contributed by atoms with Gasteiger partial charge >= 0.3 is 12.4 Å². The molecule has 0 atom stereocenters. The lowest BCUT2D eigenvalue weighted by atomic mass is 10.2. The SMILES string of the molecule is FC(F)(F)c1cnc2c(Cl)ncnc2c1.O=c1[nH]cnc2cc(C(F)(F)F)cnc12. The molecule has 4 heterocycles. The van der Waals surface area contributed by atoms with E-state index in [2.05, 4.69) is 29.9 Å². The summed E-state index contributed by atoms with van der Waals surface area (Å²) >= 11 is 5.63. The molecule has 7 nitrogen and oxygen atoms in total. The Hall–Kier alpha value is -3.35. The molecule has 0 bridgehead atoms. The summed E-state index contributed by atoms with van der Waals surface area (Å²) < 4.78 is 73.7. The second-order valence-corrected chi connectivity index (χ2v) is 5.93. The Bertz CT molecular complexity index is 1270. The highest BCUT2D eigenvalue weighted by Gasteiger charge is 2.32. The third kappa shape index (κ3) is 4.62. The summed E-state index contributed by atoms with van der Waals surface area (Å²) in [5.41, 5.74) is -2.29. The van der Waals surface area contributed by atoms with E-state index >= 15 is 0 Å². The van der Waals surface area contributed by atoms with Crippen molar-refractivity contribution in [2.45, 2.75) is 12.4 Å². The highest BCUT2D eigenvalue weighted by Crippen LogP contribution is 2.31. The summed E-state index contributed by atoms with van der Waals surface area (Å²) in [6.07, 6.45) is -5.47. The van der Waals surface area contributed by atoms with Gasteiger partial charge in [-0.05, 0) is 12.1 Å². The van der Waals surface area contributed by atoms with Crippen LogP contribution in [0.5, 0.6) is 0 Å². The molecule has 0 unspecified atom stereocenters. The number of hydrogen-bond donors (Lipinski definition) is 1. The summed E-state index contributed by atoms with van der Waals surface area (Å²) in [7, 11) is 0. The molecular weight excluding hydrogens is 442 g/mol. The zero-order valence-electron chi connectivity index (χ0n) is 14.3. The monoisotopic (exact) mass is 448 g/mol. The van der Waals surface area contributed by atoms with Crippen LogP contribution in [-0.4, -0.2) is 29.9 Å². The molecule has 4 aromatic rings. The smallest absolute Gasteiger partial charge is 0.311 e. The predicted octanol–water partition coefficient (Wildman–Crippen LogP) is 4.03. The van der Waals surface area contributed by atoms with Crippen LogP contribution in [0.4, 0.5) is 26.3 Å². The minimum absolute atomic E-state index is 0.0359. The number of halogens is 7. The van der Waals surface area contributed by atoms with E-state index in [1.165, 1.54) is 0 Å². The standard InChI is InChI=1S/C8H3ClF3N3.C8H4F3N3O/c9-7-6-5(14-3-15-7)1-4(2-13-6)8(10,11)12;9-8(10,11)4-1-5-6(12-2-4)7(15)14-3-13-5/h1-3H;1-3H,(H,13,14,15). The largest absolute Gasteiger partial charge is 0.417 e. The molecule has 0 saturated heterocycles. The number of nitrogens with one attached hydrogen (secondary N) is 1. The lowest BCUT2D eigenvalue weighted by Crippen LogP contribution is -2.11. The van der Waals surface area contributed by atoms with Gasteiger partial charge < -0.3 is 4.98 Å². The molecule has 30 heavy (non-hydrogen) atoms. The first-order valence-electron chi connectivity index (χ1n) is 7.71. The number of aromatic amines is 1. The minimum Gasteiger partial charge on any atom is -0.311 e. The number of fused-ring (bicyclic) bond motifs is 2. The molecule has 0 aliphatic rings. The first-order chi connectivity index (χ1) is 14.0. The van der Waals surface area contributed by atoms with Crippen molar-refractivity contribution in [2.75, 3.05) is 0 Å². The van der Waals surface area contributed by atoms with Crippen molar-refractivity contribution in [2.24, 2.45) is 0 Å². The number of pyridine rings is 2. The van der Waals surface area contributed by atoms with E-state index in [0.29, 0.717) is 12.4 Å². The second-order valence-electron chi connectivity index (χ2n) is 5.58. The maximum absolute atomic E-state index is 12.3. The van der Waals surface area contributed by atoms with Crippen molar-refractivity contribution < 1.29 is 26.3 Å². The van der Waals surface area contributed by atoms with Gasteiger partial charge in [-0.25, -0.2) is 19.9 Å². The Morgan fingerprint density at radius 1 is 0.767 bits per heavy atom. The summed E-state index contributed by atoms with van der Waals surface area (Å²) in [6.45, 7) is 0. The van der Waals surface area contributed by atoms with Gasteiger partial charge in [0.1, 0.15) is 11.8 Å². The molecule has 0 aromatic carbocycles. The number of alkyl halides is 6. The van der Waals surface area contributed by atoms with E-state index in [1.54, 1.807) is 0 Å². The summed E-state index contributed by atoms with van der Waals surface area (Å²) in [5, 5.41) is 0.0359. The minimum atomic E-state index is -4.48. The van der Waals surface area contributed by atoms with Gasteiger partial charge in [0.2, 0.25) is 0 Å². The molecule has 0 fully saturated rings. The first-order valence-corrected chi connectivity index (χ1v) is 8.08. The van der Waals surface area contributed by atoms with Crippen molar-refractivity contribution in [3.05, 3.63) is 63.8 Å². The van der Waals surface area contributed by atoms with Crippen molar-refractivity contribution >= 4 is 33.7 Å². The van der Waals surface area contributed by atoms with Gasteiger partial charge in [-0.15, -0.1) is 0 Å². The van der Waals surface area contributed by atoms with Crippen molar-refractivity contribution in [1.29, 1.82) is 0 Å². The van der Waals surface area contributed by atoms with Gasteiger partial charge in [-0.1, -0.05) is 11.6 Å². The van der Waals surface area contributed by atoms with Crippen LogP contribution in [0.1, 0.15) is 11.1 Å². The zero-order chi connectivity index (χ0) is 22.1. The highest BCUT2D eigenvalue weighted by molar-refractivity contribution is 6.33. The van der Waals surface area contributed by atoms with E-state index in [4.69, 9.17) is 11.6 Å². The lowest BCUT2D eigenvalue weighted by Gasteiger charge is -2.06.